The molecule has 2 nitrogen and oxygen atoms in total. The number of anilines is 1. The predicted octanol–water partition coefficient (Wildman–Crippen LogP) is 2.30. The Bertz CT molecular complexity index is 391. The van der Waals surface area contributed by atoms with Crippen LogP contribution in [0.2, 0.25) is 0 Å². The van der Waals surface area contributed by atoms with E-state index in [2.05, 4.69) is 39.0 Å². The Morgan fingerprint density at radius 3 is 3.13 bits per heavy atom. The fourth-order valence-electron chi connectivity index (χ4n) is 2.90. The topological polar surface area (TPSA) is 29.3 Å². The monoisotopic (exact) mass is 266 g/mol. The summed E-state index contributed by atoms with van der Waals surface area (Å²) in [5.41, 5.74) is 8.89. The predicted molar refractivity (Wildman–Crippen MR) is 66.2 cm³/mol. The van der Waals surface area contributed by atoms with Crippen molar-refractivity contribution in [2.75, 3.05) is 11.4 Å². The molecule has 3 heteroatoms. The Hall–Kier alpha value is -0.540. The fraction of sp³-hybridized carbons (Fsp3) is 0.500. The maximum Gasteiger partial charge on any atom is 0.0413 e. The van der Waals surface area contributed by atoms with E-state index in [0.29, 0.717) is 12.1 Å². The van der Waals surface area contributed by atoms with Gasteiger partial charge in [-0.1, -0.05) is 22.0 Å². The standard InChI is InChI=1S/C12H15BrN2/c13-11-2-1-3-12-10(11)5-4-9-6-8(14)7-15(9)12/h1-3,8-9H,4-7,14H2. The van der Waals surface area contributed by atoms with Crippen molar-refractivity contribution in [3.8, 4) is 0 Å². The largest absolute Gasteiger partial charge is 0.367 e. The molecule has 0 aliphatic carbocycles. The van der Waals surface area contributed by atoms with Crippen molar-refractivity contribution >= 4 is 21.6 Å². The maximum atomic E-state index is 6.04. The highest BCUT2D eigenvalue weighted by atomic mass is 79.9. The third-order valence-electron chi connectivity index (χ3n) is 3.58. The summed E-state index contributed by atoms with van der Waals surface area (Å²) in [5.74, 6) is 0. The summed E-state index contributed by atoms with van der Waals surface area (Å²) in [6, 6.07) is 7.52. The van der Waals surface area contributed by atoms with Crippen LogP contribution in [-0.2, 0) is 6.42 Å². The maximum absolute atomic E-state index is 6.04. The molecule has 0 aromatic heterocycles. The van der Waals surface area contributed by atoms with Gasteiger partial charge in [0.05, 0.1) is 0 Å². The van der Waals surface area contributed by atoms with Gasteiger partial charge >= 0.3 is 0 Å². The van der Waals surface area contributed by atoms with Gasteiger partial charge in [-0.25, -0.2) is 0 Å². The minimum Gasteiger partial charge on any atom is -0.367 e. The van der Waals surface area contributed by atoms with Crippen LogP contribution in [0.3, 0.4) is 0 Å². The molecule has 2 heterocycles. The van der Waals surface area contributed by atoms with E-state index >= 15 is 0 Å². The lowest BCUT2D eigenvalue weighted by molar-refractivity contribution is 0.574. The van der Waals surface area contributed by atoms with E-state index in [1.807, 2.05) is 0 Å². The first kappa shape index (κ1) is 9.67. The van der Waals surface area contributed by atoms with Crippen LogP contribution in [0.5, 0.6) is 0 Å². The first-order valence-corrected chi connectivity index (χ1v) is 6.34. The number of rotatable bonds is 0. The Morgan fingerprint density at radius 1 is 1.40 bits per heavy atom. The molecule has 80 valence electrons. The van der Waals surface area contributed by atoms with Crippen LogP contribution < -0.4 is 10.6 Å². The van der Waals surface area contributed by atoms with Gasteiger partial charge in [0.2, 0.25) is 0 Å². The van der Waals surface area contributed by atoms with Gasteiger partial charge < -0.3 is 10.6 Å². The summed E-state index contributed by atoms with van der Waals surface area (Å²) in [6.45, 7) is 1.02. The van der Waals surface area contributed by atoms with E-state index in [1.54, 1.807) is 0 Å². The number of fused-ring (bicyclic) bond motifs is 3. The summed E-state index contributed by atoms with van der Waals surface area (Å²) < 4.78 is 1.25. The average Bonchev–Trinajstić information content (AvgIpc) is 2.59. The molecular formula is C12H15BrN2. The number of nitrogens with zero attached hydrogens (tertiary/aromatic N) is 1. The molecule has 2 aliphatic rings. The zero-order valence-corrected chi connectivity index (χ0v) is 10.2. The summed E-state index contributed by atoms with van der Waals surface area (Å²) in [7, 11) is 0. The first-order chi connectivity index (χ1) is 7.25. The van der Waals surface area contributed by atoms with Crippen molar-refractivity contribution in [1.82, 2.24) is 0 Å². The molecule has 2 unspecified atom stereocenters. The molecule has 0 amide bonds. The molecule has 2 aliphatic heterocycles. The highest BCUT2D eigenvalue weighted by molar-refractivity contribution is 9.10. The number of halogens is 1. The van der Waals surface area contributed by atoms with Crippen molar-refractivity contribution in [2.45, 2.75) is 31.3 Å². The van der Waals surface area contributed by atoms with Crippen molar-refractivity contribution in [3.05, 3.63) is 28.2 Å². The van der Waals surface area contributed by atoms with Gasteiger partial charge in [0.25, 0.3) is 0 Å². The summed E-state index contributed by atoms with van der Waals surface area (Å²) in [6.07, 6.45) is 3.60. The molecule has 0 spiro atoms. The molecule has 15 heavy (non-hydrogen) atoms. The summed E-state index contributed by atoms with van der Waals surface area (Å²) in [4.78, 5) is 2.49. The van der Waals surface area contributed by atoms with Crippen LogP contribution in [0.1, 0.15) is 18.4 Å². The lowest BCUT2D eigenvalue weighted by Gasteiger charge is -2.34. The van der Waals surface area contributed by atoms with Crippen LogP contribution in [0.4, 0.5) is 5.69 Å². The van der Waals surface area contributed by atoms with Gasteiger partial charge in [-0.3, -0.25) is 0 Å². The van der Waals surface area contributed by atoms with Crippen LogP contribution in [-0.4, -0.2) is 18.6 Å². The molecule has 2 atom stereocenters. The van der Waals surface area contributed by atoms with Crippen LogP contribution in [0.25, 0.3) is 0 Å². The average molecular weight is 267 g/mol. The molecule has 1 fully saturated rings. The first-order valence-electron chi connectivity index (χ1n) is 5.55. The highest BCUT2D eigenvalue weighted by Gasteiger charge is 2.34. The van der Waals surface area contributed by atoms with E-state index in [9.17, 15) is 0 Å². The van der Waals surface area contributed by atoms with Crippen molar-refractivity contribution in [3.63, 3.8) is 0 Å². The minimum atomic E-state index is 0.361. The fourth-order valence-corrected chi connectivity index (χ4v) is 3.45. The van der Waals surface area contributed by atoms with Gasteiger partial charge in [0.15, 0.2) is 0 Å². The molecule has 0 radical (unpaired) electrons. The molecule has 1 aromatic rings. The van der Waals surface area contributed by atoms with Gasteiger partial charge in [-0.05, 0) is 37.0 Å². The van der Waals surface area contributed by atoms with Crippen molar-refractivity contribution in [2.24, 2.45) is 5.73 Å². The molecule has 2 N–H and O–H groups in total. The van der Waals surface area contributed by atoms with Gasteiger partial charge in [0.1, 0.15) is 0 Å². The number of hydrogen-bond donors (Lipinski definition) is 1. The summed E-state index contributed by atoms with van der Waals surface area (Å²) >= 11 is 3.64. The highest BCUT2D eigenvalue weighted by Crippen LogP contribution is 2.38. The molecular weight excluding hydrogens is 252 g/mol. The zero-order chi connectivity index (χ0) is 10.4. The molecule has 1 aromatic carbocycles. The van der Waals surface area contributed by atoms with Gasteiger partial charge in [-0.2, -0.15) is 0 Å². The SMILES string of the molecule is NC1CC2CCc3c(Br)cccc3N2C1. The van der Waals surface area contributed by atoms with E-state index in [-0.39, 0.29) is 0 Å². The second kappa shape index (κ2) is 3.49. The molecule has 1 saturated heterocycles. The third kappa shape index (κ3) is 1.49. The normalized spacial score (nSPS) is 28.8. The Labute approximate surface area is 98.6 Å². The number of hydrogen-bond acceptors (Lipinski definition) is 2. The van der Waals surface area contributed by atoms with Crippen molar-refractivity contribution < 1.29 is 0 Å². The third-order valence-corrected chi connectivity index (χ3v) is 4.32. The zero-order valence-electron chi connectivity index (χ0n) is 8.62. The molecule has 0 bridgehead atoms. The second-order valence-corrected chi connectivity index (χ2v) is 5.43. The number of nitrogens with two attached hydrogens (primary N) is 1. The summed E-state index contributed by atoms with van der Waals surface area (Å²) in [5, 5.41) is 0. The Balaban J connectivity index is 2.05. The minimum absolute atomic E-state index is 0.361. The number of benzene rings is 1. The van der Waals surface area contributed by atoms with Crippen LogP contribution in [0.15, 0.2) is 22.7 Å². The lowest BCUT2D eigenvalue weighted by atomic mass is 9.96. The smallest absolute Gasteiger partial charge is 0.0413 e. The van der Waals surface area contributed by atoms with Crippen molar-refractivity contribution in [1.29, 1.82) is 0 Å². The van der Waals surface area contributed by atoms with E-state index < -0.39 is 0 Å². The quantitative estimate of drug-likeness (QED) is 0.781. The lowest BCUT2D eigenvalue weighted by Crippen LogP contribution is -2.34. The van der Waals surface area contributed by atoms with E-state index in [4.69, 9.17) is 5.73 Å². The van der Waals surface area contributed by atoms with Crippen LogP contribution in [0, 0.1) is 0 Å². The Morgan fingerprint density at radius 2 is 2.27 bits per heavy atom. The second-order valence-electron chi connectivity index (χ2n) is 4.58. The van der Waals surface area contributed by atoms with Gasteiger partial charge in [0, 0.05) is 28.8 Å². The molecule has 0 saturated carbocycles. The molecule has 3 rings (SSSR count). The van der Waals surface area contributed by atoms with Crippen LogP contribution >= 0.6 is 15.9 Å². The van der Waals surface area contributed by atoms with E-state index in [0.717, 1.165) is 13.0 Å². The Kier molecular flexibility index (Phi) is 2.25. The van der Waals surface area contributed by atoms with E-state index in [1.165, 1.54) is 28.6 Å². The van der Waals surface area contributed by atoms with Gasteiger partial charge in [-0.15, -0.1) is 0 Å².